The molecule has 1 saturated carbocycles. The fourth-order valence-corrected chi connectivity index (χ4v) is 5.31. The van der Waals surface area contributed by atoms with Crippen LogP contribution in [0.3, 0.4) is 0 Å². The van der Waals surface area contributed by atoms with E-state index in [9.17, 15) is 0 Å². The van der Waals surface area contributed by atoms with Gasteiger partial charge in [-0.2, -0.15) is 11.8 Å². The minimum atomic E-state index is 0.267. The van der Waals surface area contributed by atoms with Crippen LogP contribution in [0.15, 0.2) is 4.99 Å². The van der Waals surface area contributed by atoms with Crippen LogP contribution in [0.1, 0.15) is 51.9 Å². The summed E-state index contributed by atoms with van der Waals surface area (Å²) in [4.78, 5) is 7.14. The van der Waals surface area contributed by atoms with Crippen LogP contribution in [0.4, 0.5) is 0 Å². The maximum atomic E-state index is 6.23. The predicted molar refractivity (Wildman–Crippen MR) is 79.1 cm³/mol. The highest BCUT2D eigenvalue weighted by molar-refractivity contribution is 8.00. The molecule has 3 rings (SSSR count). The summed E-state index contributed by atoms with van der Waals surface area (Å²) in [6, 6.07) is 0.657. The van der Waals surface area contributed by atoms with E-state index < -0.39 is 0 Å². The number of guanidine groups is 1. The highest BCUT2D eigenvalue weighted by atomic mass is 32.2. The quantitative estimate of drug-likeness (QED) is 0.743. The number of aliphatic imine (C=N–C) groups is 1. The smallest absolute Gasteiger partial charge is 0.192 e. The summed E-state index contributed by atoms with van der Waals surface area (Å²) < 4.78 is 0. The lowest BCUT2D eigenvalue weighted by molar-refractivity contribution is 0.153. The van der Waals surface area contributed by atoms with Gasteiger partial charge in [-0.15, -0.1) is 0 Å². The SMILES string of the molecule is CC1CC2(CN=C(N)N2C2CCCCCC2)CS1. The van der Waals surface area contributed by atoms with Gasteiger partial charge in [-0.1, -0.05) is 32.6 Å². The largest absolute Gasteiger partial charge is 0.370 e. The molecule has 2 fully saturated rings. The Kier molecular flexibility index (Phi) is 3.48. The minimum absolute atomic E-state index is 0.267. The van der Waals surface area contributed by atoms with Crippen LogP contribution in [-0.2, 0) is 0 Å². The lowest BCUT2D eigenvalue weighted by Crippen LogP contribution is -2.56. The van der Waals surface area contributed by atoms with Crippen LogP contribution < -0.4 is 5.73 Å². The van der Waals surface area contributed by atoms with Crippen molar-refractivity contribution in [1.82, 2.24) is 4.90 Å². The maximum Gasteiger partial charge on any atom is 0.192 e. The number of nitrogens with zero attached hydrogens (tertiary/aromatic N) is 2. The van der Waals surface area contributed by atoms with Crippen LogP contribution in [0.5, 0.6) is 0 Å². The molecule has 0 aromatic carbocycles. The molecule has 2 aliphatic heterocycles. The first-order valence-electron chi connectivity index (χ1n) is 7.42. The van der Waals surface area contributed by atoms with E-state index in [1.165, 1.54) is 50.7 Å². The fourth-order valence-electron chi connectivity index (χ4n) is 3.94. The molecule has 1 aliphatic carbocycles. The third-order valence-corrected chi connectivity index (χ3v) is 6.23. The summed E-state index contributed by atoms with van der Waals surface area (Å²) >= 11 is 2.10. The number of rotatable bonds is 1. The van der Waals surface area contributed by atoms with Gasteiger partial charge in [0.05, 0.1) is 12.1 Å². The van der Waals surface area contributed by atoms with Gasteiger partial charge in [-0.05, 0) is 19.3 Å². The van der Waals surface area contributed by atoms with E-state index in [0.717, 1.165) is 17.8 Å². The van der Waals surface area contributed by atoms with Crippen molar-refractivity contribution in [2.75, 3.05) is 12.3 Å². The third-order valence-electron chi connectivity index (χ3n) is 4.79. The molecule has 4 heteroatoms. The summed E-state index contributed by atoms with van der Waals surface area (Å²) in [6.45, 7) is 3.28. The molecule has 0 bridgehead atoms. The number of hydrogen-bond acceptors (Lipinski definition) is 4. The Hall–Kier alpha value is -0.380. The van der Waals surface area contributed by atoms with Crippen molar-refractivity contribution < 1.29 is 0 Å². The number of nitrogens with two attached hydrogens (primary N) is 1. The van der Waals surface area contributed by atoms with Crippen molar-refractivity contribution in [3.63, 3.8) is 0 Å². The molecule has 2 unspecified atom stereocenters. The van der Waals surface area contributed by atoms with Crippen LogP contribution in [-0.4, -0.2) is 40.0 Å². The Balaban J connectivity index is 1.80. The van der Waals surface area contributed by atoms with Crippen molar-refractivity contribution in [1.29, 1.82) is 0 Å². The van der Waals surface area contributed by atoms with E-state index in [1.54, 1.807) is 0 Å². The fraction of sp³-hybridized carbons (Fsp3) is 0.929. The molecule has 3 nitrogen and oxygen atoms in total. The lowest BCUT2D eigenvalue weighted by atomic mass is 9.92. The second kappa shape index (κ2) is 4.95. The zero-order chi connectivity index (χ0) is 12.6. The van der Waals surface area contributed by atoms with Crippen LogP contribution in [0, 0.1) is 0 Å². The Labute approximate surface area is 115 Å². The molecule has 102 valence electrons. The van der Waals surface area contributed by atoms with Gasteiger partial charge in [-0.25, -0.2) is 0 Å². The van der Waals surface area contributed by atoms with Gasteiger partial charge in [0.25, 0.3) is 0 Å². The first-order chi connectivity index (χ1) is 8.71. The van der Waals surface area contributed by atoms with E-state index in [1.807, 2.05) is 0 Å². The molecule has 3 aliphatic rings. The average Bonchev–Trinajstić information content (AvgIpc) is 2.74. The van der Waals surface area contributed by atoms with Gasteiger partial charge in [-0.3, -0.25) is 4.99 Å². The summed E-state index contributed by atoms with van der Waals surface area (Å²) in [5.41, 5.74) is 6.49. The van der Waals surface area contributed by atoms with Crippen molar-refractivity contribution in [3.8, 4) is 0 Å². The summed E-state index contributed by atoms with van der Waals surface area (Å²) in [7, 11) is 0. The summed E-state index contributed by atoms with van der Waals surface area (Å²) in [6.07, 6.45) is 9.44. The standard InChI is InChI=1S/C14H25N3S/c1-11-8-14(10-18-11)9-16-13(15)17(14)12-6-4-2-3-5-7-12/h11-12H,2-10H2,1H3,(H2,15,16). The maximum absolute atomic E-state index is 6.23. The average molecular weight is 267 g/mol. The first kappa shape index (κ1) is 12.6. The van der Waals surface area contributed by atoms with Gasteiger partial charge < -0.3 is 10.6 Å². The molecule has 0 radical (unpaired) electrons. The highest BCUT2D eigenvalue weighted by Crippen LogP contribution is 2.43. The van der Waals surface area contributed by atoms with E-state index in [4.69, 9.17) is 5.73 Å². The molecular formula is C14H25N3S. The second-order valence-corrected chi connectivity index (χ2v) is 7.67. The van der Waals surface area contributed by atoms with Crippen LogP contribution in [0.2, 0.25) is 0 Å². The normalized spacial score (nSPS) is 38.2. The molecule has 2 atom stereocenters. The van der Waals surface area contributed by atoms with Gasteiger partial charge in [0.15, 0.2) is 5.96 Å². The van der Waals surface area contributed by atoms with Crippen molar-refractivity contribution >= 4 is 17.7 Å². The molecule has 2 N–H and O–H groups in total. The molecule has 0 amide bonds. The third kappa shape index (κ3) is 2.13. The zero-order valence-electron chi connectivity index (χ0n) is 11.4. The van der Waals surface area contributed by atoms with Crippen LogP contribution >= 0.6 is 11.8 Å². The first-order valence-corrected chi connectivity index (χ1v) is 8.47. The minimum Gasteiger partial charge on any atom is -0.370 e. The van der Waals surface area contributed by atoms with Gasteiger partial charge in [0.1, 0.15) is 0 Å². The Morgan fingerprint density at radius 1 is 1.28 bits per heavy atom. The molecule has 2 heterocycles. The molecule has 0 aromatic heterocycles. The van der Waals surface area contributed by atoms with Crippen molar-refractivity contribution in [2.45, 2.75) is 68.7 Å². The Morgan fingerprint density at radius 2 is 2.00 bits per heavy atom. The zero-order valence-corrected chi connectivity index (χ0v) is 12.2. The monoisotopic (exact) mass is 267 g/mol. The van der Waals surface area contributed by atoms with Gasteiger partial charge in [0.2, 0.25) is 0 Å². The summed E-state index contributed by atoms with van der Waals surface area (Å²) in [5.74, 6) is 2.05. The molecule has 1 saturated heterocycles. The van der Waals surface area contributed by atoms with E-state index in [2.05, 4.69) is 28.6 Å². The van der Waals surface area contributed by atoms with Gasteiger partial charge >= 0.3 is 0 Å². The van der Waals surface area contributed by atoms with Crippen LogP contribution in [0.25, 0.3) is 0 Å². The molecule has 1 spiro atoms. The molecular weight excluding hydrogens is 242 g/mol. The van der Waals surface area contributed by atoms with E-state index >= 15 is 0 Å². The second-order valence-electron chi connectivity index (χ2n) is 6.24. The lowest BCUT2D eigenvalue weighted by Gasteiger charge is -2.41. The summed E-state index contributed by atoms with van der Waals surface area (Å²) in [5, 5.41) is 0.763. The number of hydrogen-bond donors (Lipinski definition) is 1. The molecule has 0 aromatic rings. The Morgan fingerprint density at radius 3 is 2.61 bits per heavy atom. The topological polar surface area (TPSA) is 41.6 Å². The molecule has 18 heavy (non-hydrogen) atoms. The number of thioether (sulfide) groups is 1. The van der Waals surface area contributed by atoms with E-state index in [0.29, 0.717) is 6.04 Å². The van der Waals surface area contributed by atoms with Gasteiger partial charge in [0, 0.05) is 17.0 Å². The van der Waals surface area contributed by atoms with Crippen molar-refractivity contribution in [2.24, 2.45) is 10.7 Å². The van der Waals surface area contributed by atoms with Crippen molar-refractivity contribution in [3.05, 3.63) is 0 Å². The van der Waals surface area contributed by atoms with E-state index in [-0.39, 0.29) is 5.54 Å². The Bertz CT molecular complexity index is 336. The highest BCUT2D eigenvalue weighted by Gasteiger charge is 2.49. The predicted octanol–water partition coefficient (Wildman–Crippen LogP) is 2.60.